The van der Waals surface area contributed by atoms with E-state index in [-0.39, 0.29) is 11.6 Å². The first-order valence-electron chi connectivity index (χ1n) is 6.56. The molecular weight excluding hydrogens is 287 g/mol. The van der Waals surface area contributed by atoms with Gasteiger partial charge in [-0.3, -0.25) is 9.59 Å². The lowest BCUT2D eigenvalue weighted by Gasteiger charge is -2.26. The first kappa shape index (κ1) is 15.3. The summed E-state index contributed by atoms with van der Waals surface area (Å²) in [6.45, 7) is 0. The molecule has 0 aromatic heterocycles. The topological polar surface area (TPSA) is 66.4 Å². The van der Waals surface area contributed by atoms with Crippen molar-refractivity contribution >= 4 is 11.9 Å². The van der Waals surface area contributed by atoms with Crippen molar-refractivity contribution in [2.45, 2.75) is 31.7 Å². The van der Waals surface area contributed by atoms with E-state index in [0.29, 0.717) is 37.8 Å². The molecule has 2 rings (SSSR count). The zero-order valence-electron chi connectivity index (χ0n) is 11.0. The summed E-state index contributed by atoms with van der Waals surface area (Å²) in [5, 5.41) is 11.4. The number of carboxylic acid groups (broad SMARTS) is 1. The quantitative estimate of drug-likeness (QED) is 0.843. The van der Waals surface area contributed by atoms with Crippen LogP contribution in [-0.4, -0.2) is 23.0 Å². The molecular formula is C14H14F3NO3. The fourth-order valence-corrected chi connectivity index (χ4v) is 2.44. The molecule has 1 amide bonds. The van der Waals surface area contributed by atoms with E-state index >= 15 is 0 Å². The molecule has 0 spiro atoms. The van der Waals surface area contributed by atoms with Crippen molar-refractivity contribution < 1.29 is 27.9 Å². The predicted octanol–water partition coefficient (Wildman–Crippen LogP) is 2.48. The third-order valence-corrected chi connectivity index (χ3v) is 3.66. The first-order valence-corrected chi connectivity index (χ1v) is 6.56. The van der Waals surface area contributed by atoms with Gasteiger partial charge in [-0.05, 0) is 37.8 Å². The average Bonchev–Trinajstić information content (AvgIpc) is 2.44. The smallest absolute Gasteiger partial charge is 0.306 e. The number of carbonyl (C=O) groups excluding carboxylic acids is 1. The maximum absolute atomic E-state index is 13.1. The summed E-state index contributed by atoms with van der Waals surface area (Å²) < 4.78 is 38.9. The number of hydrogen-bond acceptors (Lipinski definition) is 2. The predicted molar refractivity (Wildman–Crippen MR) is 67.2 cm³/mol. The largest absolute Gasteiger partial charge is 0.481 e. The van der Waals surface area contributed by atoms with Crippen LogP contribution in [0.4, 0.5) is 13.2 Å². The molecule has 0 radical (unpaired) electrons. The molecule has 0 heterocycles. The maximum atomic E-state index is 13.1. The molecule has 2 N–H and O–H groups in total. The van der Waals surface area contributed by atoms with Crippen LogP contribution in [0.5, 0.6) is 0 Å². The zero-order valence-corrected chi connectivity index (χ0v) is 11.0. The van der Waals surface area contributed by atoms with Crippen molar-refractivity contribution in [1.82, 2.24) is 5.32 Å². The highest BCUT2D eigenvalue weighted by Crippen LogP contribution is 2.24. The van der Waals surface area contributed by atoms with Gasteiger partial charge in [0.05, 0.1) is 5.92 Å². The third kappa shape index (κ3) is 3.53. The van der Waals surface area contributed by atoms with Gasteiger partial charge in [0.25, 0.3) is 5.91 Å². The van der Waals surface area contributed by atoms with Crippen LogP contribution in [0.2, 0.25) is 0 Å². The first-order chi connectivity index (χ1) is 9.88. The monoisotopic (exact) mass is 301 g/mol. The van der Waals surface area contributed by atoms with Gasteiger partial charge in [0.1, 0.15) is 0 Å². The van der Waals surface area contributed by atoms with E-state index in [1.807, 2.05) is 0 Å². The number of hydrogen-bond donors (Lipinski definition) is 2. The van der Waals surface area contributed by atoms with E-state index in [0.717, 1.165) is 0 Å². The van der Waals surface area contributed by atoms with E-state index in [4.69, 9.17) is 5.11 Å². The molecule has 0 atom stereocenters. The number of aliphatic carboxylic acids is 1. The number of carbonyl (C=O) groups is 2. The molecule has 1 aliphatic carbocycles. The molecule has 4 nitrogen and oxygen atoms in total. The van der Waals surface area contributed by atoms with Crippen LogP contribution >= 0.6 is 0 Å². The zero-order chi connectivity index (χ0) is 15.6. The van der Waals surface area contributed by atoms with Crippen molar-refractivity contribution in [3.05, 3.63) is 35.1 Å². The molecule has 1 aromatic rings. The molecule has 21 heavy (non-hydrogen) atoms. The van der Waals surface area contributed by atoms with Gasteiger partial charge in [-0.25, -0.2) is 13.2 Å². The van der Waals surface area contributed by atoms with Crippen LogP contribution in [0.3, 0.4) is 0 Å². The molecule has 0 bridgehead atoms. The van der Waals surface area contributed by atoms with E-state index in [1.165, 1.54) is 0 Å². The molecule has 1 aromatic carbocycles. The van der Waals surface area contributed by atoms with Crippen LogP contribution in [0.15, 0.2) is 12.1 Å². The summed E-state index contributed by atoms with van der Waals surface area (Å²) in [4.78, 5) is 22.7. The Morgan fingerprint density at radius 3 is 2.05 bits per heavy atom. The summed E-state index contributed by atoms with van der Waals surface area (Å²) in [5.41, 5.74) is -0.299. The van der Waals surface area contributed by atoms with Crippen molar-refractivity contribution in [3.8, 4) is 0 Å². The van der Waals surface area contributed by atoms with Gasteiger partial charge in [0, 0.05) is 11.6 Å². The molecule has 0 unspecified atom stereocenters. The van der Waals surface area contributed by atoms with Crippen molar-refractivity contribution in [3.63, 3.8) is 0 Å². The van der Waals surface area contributed by atoms with E-state index in [2.05, 4.69) is 5.32 Å². The van der Waals surface area contributed by atoms with Crippen molar-refractivity contribution in [2.24, 2.45) is 5.92 Å². The average molecular weight is 301 g/mol. The minimum absolute atomic E-state index is 0.246. The Hall–Kier alpha value is -2.05. The molecule has 1 aliphatic rings. The lowest BCUT2D eigenvalue weighted by molar-refractivity contribution is -0.142. The Kier molecular flexibility index (Phi) is 4.50. The molecule has 0 aliphatic heterocycles. The van der Waals surface area contributed by atoms with Crippen LogP contribution in [0.25, 0.3) is 0 Å². The Bertz CT molecular complexity index is 546. The summed E-state index contributed by atoms with van der Waals surface area (Å²) in [6.07, 6.45) is 1.84. The second-order valence-electron chi connectivity index (χ2n) is 5.11. The summed E-state index contributed by atoms with van der Waals surface area (Å²) in [7, 11) is 0. The van der Waals surface area contributed by atoms with Crippen LogP contribution in [0, 0.1) is 23.4 Å². The summed E-state index contributed by atoms with van der Waals surface area (Å²) in [5.74, 6) is -6.44. The molecule has 1 fully saturated rings. The van der Waals surface area contributed by atoms with E-state index < -0.39 is 35.2 Å². The molecule has 7 heteroatoms. The number of amides is 1. The lowest BCUT2D eigenvalue weighted by Crippen LogP contribution is -2.38. The molecule has 0 saturated heterocycles. The van der Waals surface area contributed by atoms with Gasteiger partial charge in [-0.1, -0.05) is 0 Å². The second-order valence-corrected chi connectivity index (χ2v) is 5.11. The SMILES string of the molecule is O=C(NC1CCC(C(=O)O)CC1)c1cc(F)c(F)c(F)c1. The van der Waals surface area contributed by atoms with E-state index in [9.17, 15) is 22.8 Å². The number of benzene rings is 1. The highest BCUT2D eigenvalue weighted by molar-refractivity contribution is 5.94. The summed E-state index contributed by atoms with van der Waals surface area (Å²) in [6, 6.07) is 1.03. The van der Waals surface area contributed by atoms with Crippen LogP contribution in [-0.2, 0) is 4.79 Å². The number of halogens is 3. The number of rotatable bonds is 3. The van der Waals surface area contributed by atoms with Crippen LogP contribution < -0.4 is 5.32 Å². The lowest BCUT2D eigenvalue weighted by atomic mass is 9.86. The fourth-order valence-electron chi connectivity index (χ4n) is 2.44. The van der Waals surface area contributed by atoms with Gasteiger partial charge in [-0.2, -0.15) is 0 Å². The Labute approximate surface area is 119 Å². The standard InChI is InChI=1S/C14H14F3NO3/c15-10-5-8(6-11(16)12(10)17)13(19)18-9-3-1-7(2-4-9)14(20)21/h5-7,9H,1-4H2,(H,18,19)(H,20,21). The van der Waals surface area contributed by atoms with Gasteiger partial charge >= 0.3 is 5.97 Å². The minimum atomic E-state index is -1.62. The van der Waals surface area contributed by atoms with Gasteiger partial charge in [0.15, 0.2) is 17.5 Å². The maximum Gasteiger partial charge on any atom is 0.306 e. The second kappa shape index (κ2) is 6.15. The molecule has 114 valence electrons. The minimum Gasteiger partial charge on any atom is -0.481 e. The van der Waals surface area contributed by atoms with E-state index in [1.54, 1.807) is 0 Å². The van der Waals surface area contributed by atoms with Crippen molar-refractivity contribution in [1.29, 1.82) is 0 Å². The van der Waals surface area contributed by atoms with Crippen molar-refractivity contribution in [2.75, 3.05) is 0 Å². The number of carboxylic acids is 1. The van der Waals surface area contributed by atoms with Gasteiger partial charge in [0.2, 0.25) is 0 Å². The summed E-state index contributed by atoms with van der Waals surface area (Å²) >= 11 is 0. The Morgan fingerprint density at radius 2 is 1.57 bits per heavy atom. The Balaban J connectivity index is 1.98. The third-order valence-electron chi connectivity index (χ3n) is 3.66. The van der Waals surface area contributed by atoms with Crippen LogP contribution in [0.1, 0.15) is 36.0 Å². The van der Waals surface area contributed by atoms with Gasteiger partial charge in [-0.15, -0.1) is 0 Å². The number of nitrogens with one attached hydrogen (secondary N) is 1. The normalized spacial score (nSPS) is 21.9. The highest BCUT2D eigenvalue weighted by Gasteiger charge is 2.27. The fraction of sp³-hybridized carbons (Fsp3) is 0.429. The molecule has 1 saturated carbocycles. The highest BCUT2D eigenvalue weighted by atomic mass is 19.2. The van der Waals surface area contributed by atoms with Gasteiger partial charge < -0.3 is 10.4 Å². The Morgan fingerprint density at radius 1 is 1.05 bits per heavy atom.